The number of hydrogen-bond donors (Lipinski definition) is 3. The lowest BCUT2D eigenvalue weighted by Crippen LogP contribution is -2.18. The fourth-order valence-corrected chi connectivity index (χ4v) is 4.67. The molecule has 0 amide bonds. The van der Waals surface area contributed by atoms with Gasteiger partial charge >= 0.3 is 0 Å². The van der Waals surface area contributed by atoms with Gasteiger partial charge in [0.15, 0.2) is 9.84 Å². The molecule has 0 spiro atoms. The molecule has 4 aromatic rings. The molecule has 0 saturated heterocycles. The Labute approximate surface area is 195 Å². The first-order chi connectivity index (χ1) is 15.6. The summed E-state index contributed by atoms with van der Waals surface area (Å²) >= 11 is 0. The fraction of sp³-hybridized carbons (Fsp3) is 0.167. The third kappa shape index (κ3) is 4.95. The number of rotatable bonds is 7. The summed E-state index contributed by atoms with van der Waals surface area (Å²) in [5.74, 6) is 0.326. The minimum Gasteiger partial charge on any atom is -0.316 e. The van der Waals surface area contributed by atoms with Crippen molar-refractivity contribution in [2.24, 2.45) is 0 Å². The molecule has 3 aromatic carbocycles. The van der Waals surface area contributed by atoms with E-state index in [4.69, 9.17) is 0 Å². The summed E-state index contributed by atoms with van der Waals surface area (Å²) in [6.07, 6.45) is 3.33. The summed E-state index contributed by atoms with van der Waals surface area (Å²) in [5.41, 5.74) is 8.37. The van der Waals surface area contributed by atoms with Crippen LogP contribution in [0.3, 0.4) is 0 Å². The zero-order chi connectivity index (χ0) is 23.8. The van der Waals surface area contributed by atoms with Crippen LogP contribution in [-0.2, 0) is 20.7 Å². The van der Waals surface area contributed by atoms with Crippen LogP contribution >= 0.6 is 0 Å². The van der Waals surface area contributed by atoms with E-state index in [1.54, 1.807) is 24.3 Å². The normalized spacial score (nSPS) is 12.0. The van der Waals surface area contributed by atoms with Crippen molar-refractivity contribution in [3.05, 3.63) is 78.5 Å². The Morgan fingerprint density at radius 3 is 2.09 bits per heavy atom. The Bertz CT molecular complexity index is 1480. The van der Waals surface area contributed by atoms with Gasteiger partial charge in [-0.15, -0.1) is 4.83 Å². The highest BCUT2D eigenvalue weighted by Gasteiger charge is 2.14. The predicted molar refractivity (Wildman–Crippen MR) is 133 cm³/mol. The average Bonchev–Trinajstić information content (AvgIpc) is 3.17. The zero-order valence-corrected chi connectivity index (χ0v) is 20.2. The van der Waals surface area contributed by atoms with Crippen LogP contribution in [0.25, 0.3) is 27.7 Å². The predicted octanol–water partition coefficient (Wildman–Crippen LogP) is 4.27. The third-order valence-corrected chi connectivity index (χ3v) is 6.93. The molecule has 7 nitrogen and oxygen atoms in total. The first-order valence-electron chi connectivity index (χ1n) is 10.4. The number of anilines is 1. The van der Waals surface area contributed by atoms with Crippen molar-refractivity contribution in [1.29, 1.82) is 0 Å². The molecule has 2 N–H and O–H groups in total. The molecule has 0 unspecified atom stereocenters. The number of thiol groups is 1. The highest BCUT2D eigenvalue weighted by Crippen LogP contribution is 2.33. The van der Waals surface area contributed by atoms with Gasteiger partial charge in [-0.25, -0.2) is 16.8 Å². The van der Waals surface area contributed by atoms with Gasteiger partial charge in [-0.1, -0.05) is 38.1 Å². The monoisotopic (exact) mass is 483 g/mol. The molecule has 33 heavy (non-hydrogen) atoms. The fourth-order valence-electron chi connectivity index (χ4n) is 3.82. The molecule has 0 aliphatic carbocycles. The van der Waals surface area contributed by atoms with Gasteiger partial charge in [-0.05, 0) is 65.1 Å². The maximum absolute atomic E-state index is 11.8. The van der Waals surface area contributed by atoms with E-state index < -0.39 is 20.7 Å². The van der Waals surface area contributed by atoms with Gasteiger partial charge in [0.25, 0.3) is 0 Å². The van der Waals surface area contributed by atoms with Gasteiger partial charge in [0.2, 0.25) is 10.9 Å². The van der Waals surface area contributed by atoms with Gasteiger partial charge in [0, 0.05) is 29.2 Å². The second kappa shape index (κ2) is 9.01. The minimum atomic E-state index is -3.25. The molecule has 1 aromatic heterocycles. The number of hydrogen-bond acceptors (Lipinski definition) is 5. The second-order valence-corrected chi connectivity index (χ2v) is 10.9. The number of sulfone groups is 1. The Balaban J connectivity index is 1.78. The standard InChI is InChI=1S/C24H25N3O4S2/c1-16(2)23-15-27(20-9-7-19(8-10-20)25-26-32(28)29)24-14-18(6-13-22(23)24)17-4-11-21(12-5-17)33(3,30)31/h4-16,25,32H,1-3H3,(H,26,28,29). The smallest absolute Gasteiger partial charge is 0.218 e. The van der Waals surface area contributed by atoms with E-state index in [1.807, 2.05) is 24.3 Å². The second-order valence-electron chi connectivity index (χ2n) is 8.18. The Morgan fingerprint density at radius 1 is 0.879 bits per heavy atom. The van der Waals surface area contributed by atoms with E-state index in [2.05, 4.69) is 53.1 Å². The third-order valence-electron chi connectivity index (χ3n) is 5.51. The Morgan fingerprint density at radius 2 is 1.52 bits per heavy atom. The van der Waals surface area contributed by atoms with Crippen molar-refractivity contribution in [2.45, 2.75) is 24.7 Å². The largest absolute Gasteiger partial charge is 0.316 e. The molecule has 4 rings (SSSR count). The van der Waals surface area contributed by atoms with Crippen molar-refractivity contribution in [1.82, 2.24) is 9.40 Å². The molecule has 9 heteroatoms. The van der Waals surface area contributed by atoms with Crippen molar-refractivity contribution in [3.63, 3.8) is 0 Å². The molecule has 1 heterocycles. The molecule has 0 saturated carbocycles. The molecule has 0 atom stereocenters. The number of hydrazine groups is 1. The van der Waals surface area contributed by atoms with E-state index in [-0.39, 0.29) is 0 Å². The molecular formula is C24H25N3O4S2. The molecule has 172 valence electrons. The number of nitrogens with one attached hydrogen (secondary N) is 2. The van der Waals surface area contributed by atoms with Crippen LogP contribution < -0.4 is 10.3 Å². The maximum atomic E-state index is 11.8. The van der Waals surface area contributed by atoms with Gasteiger partial charge in [-0.3, -0.25) is 0 Å². The molecule has 0 fully saturated rings. The summed E-state index contributed by atoms with van der Waals surface area (Å²) in [4.78, 5) is 2.46. The van der Waals surface area contributed by atoms with Crippen LogP contribution in [0.1, 0.15) is 25.3 Å². The van der Waals surface area contributed by atoms with Gasteiger partial charge in [0.1, 0.15) is 0 Å². The summed E-state index contributed by atoms with van der Waals surface area (Å²) in [5, 5.41) is 1.15. The zero-order valence-electron chi connectivity index (χ0n) is 18.4. The highest BCUT2D eigenvalue weighted by molar-refractivity contribution is 7.90. The highest BCUT2D eigenvalue weighted by atomic mass is 32.2. The molecule has 0 aliphatic rings. The van der Waals surface area contributed by atoms with E-state index in [0.29, 0.717) is 16.5 Å². The van der Waals surface area contributed by atoms with Crippen molar-refractivity contribution < 1.29 is 16.8 Å². The quantitative estimate of drug-likeness (QED) is 0.269. The Kier molecular flexibility index (Phi) is 6.29. The summed E-state index contributed by atoms with van der Waals surface area (Å²) in [6, 6.07) is 20.6. The van der Waals surface area contributed by atoms with E-state index in [9.17, 15) is 16.8 Å². The van der Waals surface area contributed by atoms with Crippen LogP contribution in [0.4, 0.5) is 5.69 Å². The van der Waals surface area contributed by atoms with Crippen LogP contribution in [-0.4, -0.2) is 27.7 Å². The van der Waals surface area contributed by atoms with E-state index in [0.717, 1.165) is 27.7 Å². The first-order valence-corrected chi connectivity index (χ1v) is 13.4. The first kappa shape index (κ1) is 23.0. The van der Waals surface area contributed by atoms with Crippen LogP contribution in [0.15, 0.2) is 77.8 Å². The SMILES string of the molecule is CC(C)c1cn(-c2ccc(NN[SH](=O)=O)cc2)c2cc(-c3ccc(S(C)(=O)=O)cc3)ccc12. The lowest BCUT2D eigenvalue weighted by Gasteiger charge is -2.09. The maximum Gasteiger partial charge on any atom is 0.218 e. The van der Waals surface area contributed by atoms with E-state index >= 15 is 0 Å². The molecular weight excluding hydrogens is 458 g/mol. The number of fused-ring (bicyclic) bond motifs is 1. The summed E-state index contributed by atoms with van der Waals surface area (Å²) in [7, 11) is -5.98. The molecule has 0 aliphatic heterocycles. The Hall–Kier alpha value is -3.14. The van der Waals surface area contributed by atoms with Gasteiger partial charge in [0.05, 0.1) is 10.4 Å². The van der Waals surface area contributed by atoms with Crippen LogP contribution in [0.2, 0.25) is 0 Å². The lowest BCUT2D eigenvalue weighted by molar-refractivity contribution is 0.601. The van der Waals surface area contributed by atoms with Crippen LogP contribution in [0.5, 0.6) is 0 Å². The summed E-state index contributed by atoms with van der Waals surface area (Å²) < 4.78 is 47.1. The lowest BCUT2D eigenvalue weighted by atomic mass is 9.99. The summed E-state index contributed by atoms with van der Waals surface area (Å²) in [6.45, 7) is 4.30. The topological polar surface area (TPSA) is 97.3 Å². The van der Waals surface area contributed by atoms with Crippen molar-refractivity contribution in [2.75, 3.05) is 11.7 Å². The number of nitrogens with zero attached hydrogens (tertiary/aromatic N) is 1. The van der Waals surface area contributed by atoms with Gasteiger partial charge < -0.3 is 9.99 Å². The van der Waals surface area contributed by atoms with Gasteiger partial charge in [-0.2, -0.15) is 0 Å². The van der Waals surface area contributed by atoms with E-state index in [1.165, 1.54) is 11.8 Å². The minimum absolute atomic E-state index is 0.294. The molecule has 0 bridgehead atoms. The van der Waals surface area contributed by atoms with Crippen LogP contribution in [0, 0.1) is 0 Å². The van der Waals surface area contributed by atoms with Crippen molar-refractivity contribution >= 4 is 37.3 Å². The number of aromatic nitrogens is 1. The molecule has 0 radical (unpaired) electrons. The number of benzene rings is 3. The van der Waals surface area contributed by atoms with Crippen molar-refractivity contribution in [3.8, 4) is 16.8 Å². The average molecular weight is 484 g/mol.